The van der Waals surface area contributed by atoms with Crippen LogP contribution in [0.15, 0.2) is 42.5 Å². The molecular formula is C16H18ClNO2. The molecule has 0 aliphatic heterocycles. The molecule has 0 aliphatic rings. The van der Waals surface area contributed by atoms with Crippen LogP contribution in [-0.2, 0) is 6.42 Å². The highest BCUT2D eigenvalue weighted by Gasteiger charge is 2.12. The summed E-state index contributed by atoms with van der Waals surface area (Å²) in [5.41, 5.74) is 8.07. The first-order valence-corrected chi connectivity index (χ1v) is 6.83. The maximum atomic E-state index is 9.45. The van der Waals surface area contributed by atoms with E-state index in [0.29, 0.717) is 11.6 Å². The average Bonchev–Trinajstić information content (AvgIpc) is 2.48. The molecule has 2 aromatic carbocycles. The number of nitrogens with two attached hydrogens (primary N) is 1. The summed E-state index contributed by atoms with van der Waals surface area (Å²) in [6, 6.07) is 13.2. The van der Waals surface area contributed by atoms with Gasteiger partial charge in [-0.05, 0) is 48.4 Å². The highest BCUT2D eigenvalue weighted by molar-refractivity contribution is 6.32. The van der Waals surface area contributed by atoms with Gasteiger partial charge >= 0.3 is 0 Å². The lowest BCUT2D eigenvalue weighted by atomic mass is 9.92. The van der Waals surface area contributed by atoms with Crippen molar-refractivity contribution in [2.45, 2.75) is 12.3 Å². The maximum Gasteiger partial charge on any atom is 0.134 e. The standard InChI is InChI=1S/C16H18ClNO2/c1-20-14-4-2-3-12(9-14)13(10-18)7-11-5-6-16(19)15(17)8-11/h2-6,8-9,13,19H,7,10,18H2,1H3. The molecular weight excluding hydrogens is 274 g/mol. The fourth-order valence-electron chi connectivity index (χ4n) is 2.19. The molecule has 3 nitrogen and oxygen atoms in total. The Hall–Kier alpha value is -1.71. The van der Waals surface area contributed by atoms with Gasteiger partial charge < -0.3 is 15.6 Å². The van der Waals surface area contributed by atoms with Gasteiger partial charge in [-0.1, -0.05) is 29.8 Å². The van der Waals surface area contributed by atoms with Crippen molar-refractivity contribution in [1.82, 2.24) is 0 Å². The lowest BCUT2D eigenvalue weighted by molar-refractivity contribution is 0.413. The average molecular weight is 292 g/mol. The molecule has 4 heteroatoms. The molecule has 0 aliphatic carbocycles. The summed E-state index contributed by atoms with van der Waals surface area (Å²) in [5, 5.41) is 9.81. The lowest BCUT2D eigenvalue weighted by Crippen LogP contribution is -2.15. The van der Waals surface area contributed by atoms with Crippen LogP contribution in [0.2, 0.25) is 5.02 Å². The summed E-state index contributed by atoms with van der Waals surface area (Å²) in [5.74, 6) is 1.11. The van der Waals surface area contributed by atoms with Gasteiger partial charge in [0.05, 0.1) is 12.1 Å². The van der Waals surface area contributed by atoms with Crippen molar-refractivity contribution in [3.8, 4) is 11.5 Å². The highest BCUT2D eigenvalue weighted by atomic mass is 35.5. The number of hydrogen-bond acceptors (Lipinski definition) is 3. The Balaban J connectivity index is 2.21. The van der Waals surface area contributed by atoms with Crippen molar-refractivity contribution in [2.75, 3.05) is 13.7 Å². The van der Waals surface area contributed by atoms with Crippen molar-refractivity contribution in [3.05, 3.63) is 58.6 Å². The van der Waals surface area contributed by atoms with Gasteiger partial charge in [-0.2, -0.15) is 0 Å². The second-order valence-electron chi connectivity index (χ2n) is 4.70. The van der Waals surface area contributed by atoms with Crippen molar-refractivity contribution in [3.63, 3.8) is 0 Å². The molecule has 0 amide bonds. The third-order valence-corrected chi connectivity index (χ3v) is 3.65. The number of halogens is 1. The molecule has 2 aromatic rings. The number of phenols is 1. The molecule has 1 unspecified atom stereocenters. The Bertz CT molecular complexity index is 586. The number of ether oxygens (including phenoxy) is 1. The fourth-order valence-corrected chi connectivity index (χ4v) is 2.40. The van der Waals surface area contributed by atoms with Gasteiger partial charge in [0.2, 0.25) is 0 Å². The lowest BCUT2D eigenvalue weighted by Gasteiger charge is -2.16. The minimum absolute atomic E-state index is 0.0982. The van der Waals surface area contributed by atoms with E-state index in [1.54, 1.807) is 19.2 Å². The summed E-state index contributed by atoms with van der Waals surface area (Å²) in [6.45, 7) is 0.533. The van der Waals surface area contributed by atoms with Crippen molar-refractivity contribution in [1.29, 1.82) is 0 Å². The van der Waals surface area contributed by atoms with E-state index in [1.165, 1.54) is 0 Å². The third kappa shape index (κ3) is 3.44. The topological polar surface area (TPSA) is 55.5 Å². The number of benzene rings is 2. The Morgan fingerprint density at radius 3 is 2.70 bits per heavy atom. The van der Waals surface area contributed by atoms with Crippen LogP contribution >= 0.6 is 11.6 Å². The fraction of sp³-hybridized carbons (Fsp3) is 0.250. The molecule has 0 spiro atoms. The minimum Gasteiger partial charge on any atom is -0.506 e. The smallest absolute Gasteiger partial charge is 0.134 e. The third-order valence-electron chi connectivity index (χ3n) is 3.34. The summed E-state index contributed by atoms with van der Waals surface area (Å²) in [4.78, 5) is 0. The van der Waals surface area contributed by atoms with E-state index in [1.807, 2.05) is 30.3 Å². The second-order valence-corrected chi connectivity index (χ2v) is 5.11. The Morgan fingerprint density at radius 1 is 1.25 bits per heavy atom. The Kier molecular flexibility index (Phi) is 4.88. The molecule has 0 bridgehead atoms. The number of methoxy groups -OCH3 is 1. The molecule has 2 rings (SSSR count). The predicted molar refractivity (Wildman–Crippen MR) is 81.6 cm³/mol. The SMILES string of the molecule is COc1cccc(C(CN)Cc2ccc(O)c(Cl)c2)c1. The molecule has 0 aromatic heterocycles. The molecule has 0 fully saturated rings. The summed E-state index contributed by atoms with van der Waals surface area (Å²) in [6.07, 6.45) is 0.768. The molecule has 20 heavy (non-hydrogen) atoms. The molecule has 0 saturated carbocycles. The zero-order chi connectivity index (χ0) is 14.5. The van der Waals surface area contributed by atoms with Gasteiger partial charge in [-0.15, -0.1) is 0 Å². The number of phenolic OH excluding ortho intramolecular Hbond substituents is 1. The Morgan fingerprint density at radius 2 is 2.05 bits per heavy atom. The van der Waals surface area contributed by atoms with Gasteiger partial charge in [0, 0.05) is 5.92 Å². The van der Waals surface area contributed by atoms with E-state index in [2.05, 4.69) is 0 Å². The monoisotopic (exact) mass is 291 g/mol. The zero-order valence-electron chi connectivity index (χ0n) is 11.3. The van der Waals surface area contributed by atoms with Crippen molar-refractivity contribution in [2.24, 2.45) is 5.73 Å². The van der Waals surface area contributed by atoms with Crippen LogP contribution in [0.25, 0.3) is 0 Å². The van der Waals surface area contributed by atoms with Crippen LogP contribution in [-0.4, -0.2) is 18.8 Å². The number of rotatable bonds is 5. The summed E-state index contributed by atoms with van der Waals surface area (Å²) in [7, 11) is 1.65. The first kappa shape index (κ1) is 14.7. The van der Waals surface area contributed by atoms with Gasteiger partial charge in [-0.25, -0.2) is 0 Å². The molecule has 0 heterocycles. The molecule has 106 valence electrons. The predicted octanol–water partition coefficient (Wildman–Crippen LogP) is 3.34. The van der Waals surface area contributed by atoms with Crippen LogP contribution in [0, 0.1) is 0 Å². The molecule has 0 radical (unpaired) electrons. The van der Waals surface area contributed by atoms with E-state index < -0.39 is 0 Å². The van der Waals surface area contributed by atoms with E-state index in [9.17, 15) is 5.11 Å². The van der Waals surface area contributed by atoms with Crippen molar-refractivity contribution < 1.29 is 9.84 Å². The van der Waals surface area contributed by atoms with Gasteiger partial charge in [0.1, 0.15) is 11.5 Å². The largest absolute Gasteiger partial charge is 0.506 e. The van der Waals surface area contributed by atoms with Gasteiger partial charge in [0.15, 0.2) is 0 Å². The van der Waals surface area contributed by atoms with Crippen LogP contribution < -0.4 is 10.5 Å². The van der Waals surface area contributed by atoms with E-state index in [4.69, 9.17) is 22.1 Å². The van der Waals surface area contributed by atoms with E-state index in [0.717, 1.165) is 23.3 Å². The van der Waals surface area contributed by atoms with E-state index in [-0.39, 0.29) is 11.7 Å². The maximum absolute atomic E-state index is 9.45. The van der Waals surface area contributed by atoms with Crippen LogP contribution in [0.5, 0.6) is 11.5 Å². The van der Waals surface area contributed by atoms with E-state index >= 15 is 0 Å². The van der Waals surface area contributed by atoms with Crippen LogP contribution in [0.1, 0.15) is 17.0 Å². The first-order valence-electron chi connectivity index (χ1n) is 6.45. The second kappa shape index (κ2) is 6.64. The van der Waals surface area contributed by atoms with Gasteiger partial charge in [-0.3, -0.25) is 0 Å². The summed E-state index contributed by atoms with van der Waals surface area (Å²) >= 11 is 5.93. The van der Waals surface area contributed by atoms with Crippen molar-refractivity contribution >= 4 is 11.6 Å². The van der Waals surface area contributed by atoms with Crippen LogP contribution in [0.4, 0.5) is 0 Å². The number of aromatic hydroxyl groups is 1. The van der Waals surface area contributed by atoms with Crippen LogP contribution in [0.3, 0.4) is 0 Å². The molecule has 3 N–H and O–H groups in total. The zero-order valence-corrected chi connectivity index (χ0v) is 12.1. The quantitative estimate of drug-likeness (QED) is 0.888. The Labute approximate surface area is 123 Å². The molecule has 1 atom stereocenters. The van der Waals surface area contributed by atoms with Gasteiger partial charge in [0.25, 0.3) is 0 Å². The summed E-state index contributed by atoms with van der Waals surface area (Å²) < 4.78 is 5.24. The number of hydrogen-bond donors (Lipinski definition) is 2. The normalized spacial score (nSPS) is 12.2. The molecule has 0 saturated heterocycles. The highest BCUT2D eigenvalue weighted by Crippen LogP contribution is 2.28. The first-order chi connectivity index (χ1) is 9.63. The minimum atomic E-state index is 0.0982.